The molecular weight excluding hydrogens is 435 g/mol. The Balaban J connectivity index is 2.00. The Kier molecular flexibility index (Phi) is 5.24. The number of nitrogens with zero attached hydrogens (tertiary/aromatic N) is 2. The fourth-order valence-electron chi connectivity index (χ4n) is 3.19. The van der Waals surface area contributed by atoms with Gasteiger partial charge in [0, 0.05) is 10.4 Å². The summed E-state index contributed by atoms with van der Waals surface area (Å²) >= 11 is 8.65. The molecule has 5 nitrogen and oxygen atoms in total. The molecular formula is C20H14ClFN2O3S2. The number of allylic oxidation sites excluding steroid dienone is 1. The summed E-state index contributed by atoms with van der Waals surface area (Å²) in [5, 5.41) is 2.08. The molecule has 4 rings (SSSR count). The quantitative estimate of drug-likeness (QED) is 0.578. The first-order chi connectivity index (χ1) is 13.9. The second-order valence-corrected chi connectivity index (χ2v) is 8.62. The Morgan fingerprint density at radius 1 is 1.34 bits per heavy atom. The van der Waals surface area contributed by atoms with E-state index < -0.39 is 17.8 Å². The van der Waals surface area contributed by atoms with Crippen molar-refractivity contribution in [3.05, 3.63) is 88.0 Å². The molecule has 1 aliphatic heterocycles. The van der Waals surface area contributed by atoms with E-state index in [0.717, 1.165) is 16.2 Å². The number of fused-ring (bicyclic) bond motifs is 1. The second kappa shape index (κ2) is 7.70. The lowest BCUT2D eigenvalue weighted by Crippen LogP contribution is -2.39. The molecule has 0 saturated heterocycles. The standard InChI is InChI=1S/C20H14ClFN2O3S2/c1-10-16(19(26)27-2)17(14-7-4-8-28-14)24-18(25)15(29-20(24)23-10)9-11-12(21)5-3-6-13(11)22/h3-9,17H,1-2H3/t17-/m0/s1. The van der Waals surface area contributed by atoms with E-state index in [1.54, 1.807) is 13.0 Å². The number of ether oxygens (including phenoxy) is 1. The summed E-state index contributed by atoms with van der Waals surface area (Å²) in [5.41, 5.74) is 0.543. The Hall–Kier alpha value is -2.55. The van der Waals surface area contributed by atoms with Crippen LogP contribution in [0.3, 0.4) is 0 Å². The summed E-state index contributed by atoms with van der Waals surface area (Å²) in [5.74, 6) is -1.07. The van der Waals surface area contributed by atoms with E-state index in [-0.39, 0.29) is 20.7 Å². The number of hydrogen-bond acceptors (Lipinski definition) is 6. The van der Waals surface area contributed by atoms with Gasteiger partial charge in [-0.2, -0.15) is 0 Å². The van der Waals surface area contributed by atoms with Crippen molar-refractivity contribution in [1.82, 2.24) is 4.57 Å². The predicted molar refractivity (Wildman–Crippen MR) is 112 cm³/mol. The molecule has 3 heterocycles. The van der Waals surface area contributed by atoms with E-state index in [1.807, 2.05) is 17.5 Å². The lowest BCUT2D eigenvalue weighted by Gasteiger charge is -2.22. The minimum absolute atomic E-state index is 0.135. The van der Waals surface area contributed by atoms with Crippen LogP contribution in [0.4, 0.5) is 4.39 Å². The highest BCUT2D eigenvalue weighted by Gasteiger charge is 2.33. The molecule has 0 radical (unpaired) electrons. The third kappa shape index (κ3) is 3.37. The lowest BCUT2D eigenvalue weighted by molar-refractivity contribution is -0.136. The zero-order chi connectivity index (χ0) is 20.7. The van der Waals surface area contributed by atoms with Crippen LogP contribution >= 0.6 is 34.3 Å². The number of carbonyl (C=O) groups excluding carboxylic acids is 1. The van der Waals surface area contributed by atoms with Gasteiger partial charge in [0.1, 0.15) is 11.9 Å². The number of thiazole rings is 1. The van der Waals surface area contributed by atoms with Crippen molar-refractivity contribution in [3.63, 3.8) is 0 Å². The first kappa shape index (κ1) is 19.8. The molecule has 0 unspecified atom stereocenters. The molecule has 0 amide bonds. The molecule has 1 atom stereocenters. The summed E-state index contributed by atoms with van der Waals surface area (Å²) in [7, 11) is 1.29. The molecule has 1 aromatic carbocycles. The van der Waals surface area contributed by atoms with E-state index in [0.29, 0.717) is 16.1 Å². The van der Waals surface area contributed by atoms with Gasteiger partial charge in [-0.15, -0.1) is 11.3 Å². The largest absolute Gasteiger partial charge is 0.466 e. The highest BCUT2D eigenvalue weighted by Crippen LogP contribution is 2.33. The molecule has 2 aromatic heterocycles. The molecule has 0 saturated carbocycles. The first-order valence-corrected chi connectivity index (χ1v) is 10.6. The van der Waals surface area contributed by atoms with Crippen LogP contribution in [0.2, 0.25) is 5.02 Å². The molecule has 1 aliphatic rings. The van der Waals surface area contributed by atoms with Crippen LogP contribution in [0.25, 0.3) is 6.08 Å². The van der Waals surface area contributed by atoms with Gasteiger partial charge in [0.15, 0.2) is 4.80 Å². The van der Waals surface area contributed by atoms with E-state index in [9.17, 15) is 14.0 Å². The number of halogens is 2. The zero-order valence-electron chi connectivity index (χ0n) is 15.3. The molecule has 3 aromatic rings. The molecule has 0 N–H and O–H groups in total. The molecule has 0 aliphatic carbocycles. The van der Waals surface area contributed by atoms with Crippen LogP contribution in [-0.2, 0) is 9.53 Å². The van der Waals surface area contributed by atoms with Gasteiger partial charge in [-0.3, -0.25) is 9.36 Å². The van der Waals surface area contributed by atoms with Crippen LogP contribution in [0.1, 0.15) is 23.4 Å². The molecule has 0 spiro atoms. The van der Waals surface area contributed by atoms with Gasteiger partial charge >= 0.3 is 5.97 Å². The fourth-order valence-corrected chi connectivity index (χ4v) is 5.26. The van der Waals surface area contributed by atoms with Gasteiger partial charge in [-0.25, -0.2) is 14.2 Å². The average molecular weight is 449 g/mol. The lowest BCUT2D eigenvalue weighted by atomic mass is 10.0. The van der Waals surface area contributed by atoms with Crippen molar-refractivity contribution in [3.8, 4) is 0 Å². The number of methoxy groups -OCH3 is 1. The summed E-state index contributed by atoms with van der Waals surface area (Å²) in [4.78, 5) is 31.4. The number of benzene rings is 1. The Morgan fingerprint density at radius 2 is 2.14 bits per heavy atom. The van der Waals surface area contributed by atoms with Crippen molar-refractivity contribution in [2.75, 3.05) is 7.11 Å². The van der Waals surface area contributed by atoms with Crippen molar-refractivity contribution in [1.29, 1.82) is 0 Å². The summed E-state index contributed by atoms with van der Waals surface area (Å²) in [6, 6.07) is 7.38. The van der Waals surface area contributed by atoms with Crippen molar-refractivity contribution < 1.29 is 13.9 Å². The van der Waals surface area contributed by atoms with Crippen molar-refractivity contribution >= 4 is 46.3 Å². The third-order valence-corrected chi connectivity index (χ3v) is 6.75. The molecule has 9 heteroatoms. The van der Waals surface area contributed by atoms with Gasteiger partial charge in [-0.05, 0) is 36.6 Å². The number of hydrogen-bond donors (Lipinski definition) is 0. The Morgan fingerprint density at radius 3 is 2.79 bits per heavy atom. The van der Waals surface area contributed by atoms with E-state index in [4.69, 9.17) is 16.3 Å². The molecule has 29 heavy (non-hydrogen) atoms. The number of aromatic nitrogens is 1. The van der Waals surface area contributed by atoms with Gasteiger partial charge in [-0.1, -0.05) is 35.1 Å². The van der Waals surface area contributed by atoms with E-state index in [1.165, 1.54) is 41.2 Å². The minimum Gasteiger partial charge on any atom is -0.466 e. The Labute approximate surface area is 177 Å². The smallest absolute Gasteiger partial charge is 0.338 e. The van der Waals surface area contributed by atoms with Gasteiger partial charge in [0.25, 0.3) is 5.56 Å². The average Bonchev–Trinajstić information content (AvgIpc) is 3.32. The monoisotopic (exact) mass is 448 g/mol. The highest BCUT2D eigenvalue weighted by atomic mass is 35.5. The molecule has 148 valence electrons. The first-order valence-electron chi connectivity index (χ1n) is 8.50. The van der Waals surface area contributed by atoms with Crippen LogP contribution in [-0.4, -0.2) is 17.6 Å². The van der Waals surface area contributed by atoms with Gasteiger partial charge in [0.2, 0.25) is 0 Å². The highest BCUT2D eigenvalue weighted by molar-refractivity contribution is 7.10. The van der Waals surface area contributed by atoms with E-state index >= 15 is 0 Å². The molecule has 0 bridgehead atoms. The number of rotatable bonds is 3. The van der Waals surface area contributed by atoms with Crippen molar-refractivity contribution in [2.24, 2.45) is 4.99 Å². The maximum atomic E-state index is 14.2. The van der Waals surface area contributed by atoms with Crippen LogP contribution in [0, 0.1) is 5.82 Å². The number of thiophene rings is 1. The van der Waals surface area contributed by atoms with Crippen LogP contribution < -0.4 is 14.9 Å². The minimum atomic E-state index is -0.656. The molecule has 0 fully saturated rings. The number of esters is 1. The SMILES string of the molecule is COC(=O)C1=C(C)N=c2sc(=Cc3c(F)cccc3Cl)c(=O)n2[C@H]1c1cccs1. The second-order valence-electron chi connectivity index (χ2n) is 6.22. The summed E-state index contributed by atoms with van der Waals surface area (Å²) in [6.07, 6.45) is 1.42. The summed E-state index contributed by atoms with van der Waals surface area (Å²) < 4.78 is 20.9. The normalized spacial score (nSPS) is 16.6. The number of carbonyl (C=O) groups is 1. The maximum Gasteiger partial charge on any atom is 0.338 e. The third-order valence-electron chi connectivity index (χ3n) is 4.51. The maximum absolute atomic E-state index is 14.2. The van der Waals surface area contributed by atoms with Crippen LogP contribution in [0.15, 0.2) is 56.8 Å². The Bertz CT molecular complexity index is 1300. The predicted octanol–water partition coefficient (Wildman–Crippen LogP) is 3.26. The van der Waals surface area contributed by atoms with Crippen LogP contribution in [0.5, 0.6) is 0 Å². The summed E-state index contributed by atoms with van der Waals surface area (Å²) in [6.45, 7) is 1.71. The van der Waals surface area contributed by atoms with Gasteiger partial charge in [0.05, 0.1) is 27.9 Å². The van der Waals surface area contributed by atoms with Crippen molar-refractivity contribution in [2.45, 2.75) is 13.0 Å². The fraction of sp³-hybridized carbons (Fsp3) is 0.150. The van der Waals surface area contributed by atoms with Gasteiger partial charge < -0.3 is 4.74 Å². The zero-order valence-corrected chi connectivity index (χ0v) is 17.7. The van der Waals surface area contributed by atoms with E-state index in [2.05, 4.69) is 4.99 Å². The topological polar surface area (TPSA) is 60.7 Å².